The monoisotopic (exact) mass is 162 g/mol. The lowest BCUT2D eigenvalue weighted by molar-refractivity contribution is 0.100. The first-order valence-corrected chi connectivity index (χ1v) is 3.57. The zero-order valence-corrected chi connectivity index (χ0v) is 6.87. The van der Waals surface area contributed by atoms with E-state index in [1.54, 1.807) is 19.2 Å². The molecule has 1 N–H and O–H groups in total. The smallest absolute Gasteiger partial charge is 0.278 e. The van der Waals surface area contributed by atoms with Gasteiger partial charge in [-0.3, -0.25) is 4.79 Å². The van der Waals surface area contributed by atoms with Gasteiger partial charge in [-0.2, -0.15) is 0 Å². The molecule has 0 aliphatic heterocycles. The summed E-state index contributed by atoms with van der Waals surface area (Å²) >= 11 is 0. The van der Waals surface area contributed by atoms with E-state index in [4.69, 9.17) is 0 Å². The van der Waals surface area contributed by atoms with Crippen molar-refractivity contribution < 1.29 is 4.79 Å². The molecule has 0 atom stereocenters. The summed E-state index contributed by atoms with van der Waals surface area (Å²) in [4.78, 5) is 14.5. The molecule has 0 saturated heterocycles. The zero-order chi connectivity index (χ0) is 8.97. The first kappa shape index (κ1) is 8.46. The van der Waals surface area contributed by atoms with E-state index in [1.807, 2.05) is 12.1 Å². The molecule has 1 aromatic rings. The predicted molar refractivity (Wildman–Crippen MR) is 49.9 cm³/mol. The van der Waals surface area contributed by atoms with Crippen LogP contribution < -0.4 is 5.32 Å². The lowest BCUT2D eigenvalue weighted by Gasteiger charge is -2.03. The molecule has 62 valence electrons. The molecule has 12 heavy (non-hydrogen) atoms. The van der Waals surface area contributed by atoms with Gasteiger partial charge in [0.25, 0.3) is 5.91 Å². The van der Waals surface area contributed by atoms with Gasteiger partial charge in [0.2, 0.25) is 0 Å². The number of anilines is 1. The number of hydrogen-bond donors (Lipinski definition) is 1. The first-order valence-electron chi connectivity index (χ1n) is 3.57. The summed E-state index contributed by atoms with van der Waals surface area (Å²) in [5, 5.41) is 2.90. The normalized spacial score (nSPS) is 9.08. The molecule has 0 saturated carbocycles. The zero-order valence-electron chi connectivity index (χ0n) is 6.87. The minimum atomic E-state index is -0.306. The van der Waals surface area contributed by atoms with Gasteiger partial charge in [0.15, 0.2) is 0 Å². The summed E-state index contributed by atoms with van der Waals surface area (Å²) in [5.74, 6) is -0.306. The summed E-state index contributed by atoms with van der Waals surface area (Å²) in [7, 11) is 1.76. The number of hydrogen-bond acceptors (Lipinski definition) is 2. The van der Waals surface area contributed by atoms with Gasteiger partial charge in [0.05, 0.1) is 5.56 Å². The Bertz CT molecular complexity index is 307. The Kier molecular flexibility index (Phi) is 2.58. The second kappa shape index (κ2) is 3.67. The van der Waals surface area contributed by atoms with Crippen LogP contribution in [-0.4, -0.2) is 19.7 Å². The van der Waals surface area contributed by atoms with E-state index in [9.17, 15) is 4.79 Å². The molecule has 0 heterocycles. The number of aliphatic imine (C=N–C) groups is 1. The molecule has 0 aromatic heterocycles. The van der Waals surface area contributed by atoms with Gasteiger partial charge in [0.1, 0.15) is 0 Å². The quantitative estimate of drug-likeness (QED) is 0.670. The minimum Gasteiger partial charge on any atom is -0.387 e. The Hall–Kier alpha value is -1.64. The summed E-state index contributed by atoms with van der Waals surface area (Å²) in [6.07, 6.45) is 0. The lowest BCUT2D eigenvalue weighted by Crippen LogP contribution is -2.00. The van der Waals surface area contributed by atoms with Crippen LogP contribution in [-0.2, 0) is 0 Å². The summed E-state index contributed by atoms with van der Waals surface area (Å²) in [6.45, 7) is 3.19. The van der Waals surface area contributed by atoms with Gasteiger partial charge in [-0.1, -0.05) is 12.1 Å². The number of benzene rings is 1. The summed E-state index contributed by atoms with van der Waals surface area (Å²) in [5.41, 5.74) is 1.32. The number of carbonyl (C=O) groups is 1. The Morgan fingerprint density at radius 3 is 2.75 bits per heavy atom. The molecule has 0 fully saturated rings. The third kappa shape index (κ3) is 1.50. The number of nitrogens with one attached hydrogen (secondary N) is 1. The number of carbonyl (C=O) groups excluding carboxylic acids is 1. The van der Waals surface area contributed by atoms with Crippen molar-refractivity contribution in [3.8, 4) is 0 Å². The van der Waals surface area contributed by atoms with Crippen molar-refractivity contribution >= 4 is 18.3 Å². The highest BCUT2D eigenvalue weighted by atomic mass is 16.1. The molecule has 0 bridgehead atoms. The lowest BCUT2D eigenvalue weighted by atomic mass is 10.1. The Labute approximate surface area is 71.1 Å². The molecule has 3 nitrogen and oxygen atoms in total. The highest BCUT2D eigenvalue weighted by Crippen LogP contribution is 2.14. The van der Waals surface area contributed by atoms with Gasteiger partial charge in [0, 0.05) is 12.7 Å². The molecule has 0 radical (unpaired) electrons. The van der Waals surface area contributed by atoms with E-state index < -0.39 is 0 Å². The second-order valence-corrected chi connectivity index (χ2v) is 2.26. The van der Waals surface area contributed by atoms with Crippen LogP contribution in [0.4, 0.5) is 5.69 Å². The van der Waals surface area contributed by atoms with Crippen LogP contribution in [0.15, 0.2) is 29.3 Å². The number of rotatable bonds is 2. The van der Waals surface area contributed by atoms with Crippen LogP contribution in [0.5, 0.6) is 0 Å². The largest absolute Gasteiger partial charge is 0.387 e. The van der Waals surface area contributed by atoms with Crippen LogP contribution in [0, 0.1) is 0 Å². The highest BCUT2D eigenvalue weighted by molar-refractivity contribution is 6.01. The van der Waals surface area contributed by atoms with Crippen LogP contribution >= 0.6 is 0 Å². The van der Waals surface area contributed by atoms with Gasteiger partial charge < -0.3 is 5.32 Å². The fraction of sp³-hybridized carbons (Fsp3) is 0.111. The molecular weight excluding hydrogens is 152 g/mol. The molecule has 3 heteroatoms. The molecule has 1 amide bonds. The van der Waals surface area contributed by atoms with E-state index in [0.717, 1.165) is 5.69 Å². The van der Waals surface area contributed by atoms with Crippen molar-refractivity contribution in [3.63, 3.8) is 0 Å². The van der Waals surface area contributed by atoms with Crippen LogP contribution in [0.1, 0.15) is 10.4 Å². The average Bonchev–Trinajstić information content (AvgIpc) is 2.16. The Balaban J connectivity index is 3.13. The SMILES string of the molecule is C=NC(=O)c1ccccc1NC. The van der Waals surface area contributed by atoms with E-state index in [1.165, 1.54) is 0 Å². The number of para-hydroxylation sites is 1. The maximum Gasteiger partial charge on any atom is 0.278 e. The van der Waals surface area contributed by atoms with Gasteiger partial charge in [-0.15, -0.1) is 0 Å². The predicted octanol–water partition coefficient (Wildman–Crippen LogP) is 1.57. The van der Waals surface area contributed by atoms with Gasteiger partial charge >= 0.3 is 0 Å². The van der Waals surface area contributed by atoms with Crippen molar-refractivity contribution in [1.29, 1.82) is 0 Å². The summed E-state index contributed by atoms with van der Waals surface area (Å²) < 4.78 is 0. The molecule has 0 spiro atoms. The van der Waals surface area contributed by atoms with Crippen molar-refractivity contribution in [3.05, 3.63) is 29.8 Å². The molecule has 1 rings (SSSR count). The van der Waals surface area contributed by atoms with Crippen molar-refractivity contribution in [2.45, 2.75) is 0 Å². The van der Waals surface area contributed by atoms with Crippen LogP contribution in [0.2, 0.25) is 0 Å². The standard InChI is InChI=1S/C9H10N2O/c1-10-8-6-4-3-5-7(8)9(12)11-2/h3-6,10H,2H2,1H3. The second-order valence-electron chi connectivity index (χ2n) is 2.26. The topological polar surface area (TPSA) is 41.5 Å². The van der Waals surface area contributed by atoms with Crippen molar-refractivity contribution in [1.82, 2.24) is 0 Å². The highest BCUT2D eigenvalue weighted by Gasteiger charge is 2.06. The number of nitrogens with zero attached hydrogens (tertiary/aromatic N) is 1. The molecule has 0 aliphatic carbocycles. The van der Waals surface area contributed by atoms with E-state index in [2.05, 4.69) is 17.0 Å². The third-order valence-corrected chi connectivity index (χ3v) is 1.57. The fourth-order valence-electron chi connectivity index (χ4n) is 0.973. The van der Waals surface area contributed by atoms with Crippen LogP contribution in [0.25, 0.3) is 0 Å². The van der Waals surface area contributed by atoms with Crippen LogP contribution in [0.3, 0.4) is 0 Å². The first-order chi connectivity index (χ1) is 5.79. The average molecular weight is 162 g/mol. The molecule has 0 aliphatic rings. The minimum absolute atomic E-state index is 0.306. The fourth-order valence-corrected chi connectivity index (χ4v) is 0.973. The molecule has 0 unspecified atom stereocenters. The Morgan fingerprint density at radius 2 is 2.17 bits per heavy atom. The molecule has 1 aromatic carbocycles. The van der Waals surface area contributed by atoms with E-state index >= 15 is 0 Å². The van der Waals surface area contributed by atoms with Crippen molar-refractivity contribution in [2.75, 3.05) is 12.4 Å². The maximum atomic E-state index is 11.1. The van der Waals surface area contributed by atoms with Gasteiger partial charge in [-0.05, 0) is 18.9 Å². The molecular formula is C9H10N2O. The third-order valence-electron chi connectivity index (χ3n) is 1.57. The van der Waals surface area contributed by atoms with Gasteiger partial charge in [-0.25, -0.2) is 4.99 Å². The number of amides is 1. The maximum absolute atomic E-state index is 11.1. The Morgan fingerprint density at radius 1 is 1.50 bits per heavy atom. The van der Waals surface area contributed by atoms with Crippen molar-refractivity contribution in [2.24, 2.45) is 4.99 Å². The van der Waals surface area contributed by atoms with E-state index in [0.29, 0.717) is 5.56 Å². The summed E-state index contributed by atoms with van der Waals surface area (Å²) in [6, 6.07) is 7.17. The van der Waals surface area contributed by atoms with E-state index in [-0.39, 0.29) is 5.91 Å².